The van der Waals surface area contributed by atoms with E-state index in [1.54, 1.807) is 17.8 Å². The van der Waals surface area contributed by atoms with Gasteiger partial charge in [0.05, 0.1) is 5.39 Å². The predicted octanol–water partition coefficient (Wildman–Crippen LogP) is 5.48. The van der Waals surface area contributed by atoms with Crippen molar-refractivity contribution in [2.45, 2.75) is 55.9 Å². The fourth-order valence-electron chi connectivity index (χ4n) is 5.09. The van der Waals surface area contributed by atoms with E-state index in [2.05, 4.69) is 27.5 Å². The minimum Gasteiger partial charge on any atom is -0.322 e. The minimum absolute atomic E-state index is 0.0726. The Labute approximate surface area is 198 Å². The molecule has 0 bridgehead atoms. The topological polar surface area (TPSA) is 75.9 Å². The lowest BCUT2D eigenvalue weighted by molar-refractivity contribution is 0.509. The van der Waals surface area contributed by atoms with Crippen LogP contribution in [-0.4, -0.2) is 24.6 Å². The average molecular weight is 474 g/mol. The molecule has 8 heteroatoms. The third-order valence-electron chi connectivity index (χ3n) is 6.93. The predicted molar refractivity (Wildman–Crippen MR) is 133 cm³/mol. The van der Waals surface area contributed by atoms with Crippen LogP contribution in [0.3, 0.4) is 0 Å². The van der Waals surface area contributed by atoms with E-state index in [-0.39, 0.29) is 5.56 Å². The molecule has 1 N–H and O–H groups in total. The zero-order valence-electron chi connectivity index (χ0n) is 18.3. The van der Waals surface area contributed by atoms with Crippen molar-refractivity contribution in [3.63, 3.8) is 0 Å². The molecule has 0 radical (unpaired) electrons. The molecule has 0 saturated heterocycles. The molecule has 0 unspecified atom stereocenters. The molecule has 1 aromatic carbocycles. The number of rotatable bonds is 4. The number of thioether (sulfide) groups is 1. The highest BCUT2D eigenvalue weighted by Gasteiger charge is 2.32. The first-order chi connectivity index (χ1) is 16.2. The van der Waals surface area contributed by atoms with Crippen LogP contribution in [0.5, 0.6) is 0 Å². The molecular formula is C25H23N5OS2. The number of H-pyrrole nitrogens is 1. The van der Waals surface area contributed by atoms with Gasteiger partial charge < -0.3 is 4.98 Å². The van der Waals surface area contributed by atoms with Gasteiger partial charge in [0.15, 0.2) is 10.8 Å². The monoisotopic (exact) mass is 473 g/mol. The Hall–Kier alpha value is -2.71. The SMILES string of the molecule is C[C@H]1CCc2c(sc3nc(C4CC4)n4c(SCc5cc(=O)[nH]c6ccccc56)nnc4c23)C1. The minimum atomic E-state index is -0.0726. The number of nitrogens with zero attached hydrogens (tertiary/aromatic N) is 4. The normalized spacial score (nSPS) is 18.4. The van der Waals surface area contributed by atoms with E-state index in [1.165, 1.54) is 35.1 Å². The van der Waals surface area contributed by atoms with Gasteiger partial charge in [-0.05, 0) is 55.2 Å². The van der Waals surface area contributed by atoms with E-state index in [0.717, 1.165) is 56.7 Å². The lowest BCUT2D eigenvalue weighted by Gasteiger charge is -2.17. The van der Waals surface area contributed by atoms with Crippen molar-refractivity contribution in [3.8, 4) is 0 Å². The van der Waals surface area contributed by atoms with Crippen LogP contribution in [-0.2, 0) is 18.6 Å². The smallest absolute Gasteiger partial charge is 0.248 e. The number of para-hydroxylation sites is 1. The molecule has 166 valence electrons. The van der Waals surface area contributed by atoms with Crippen molar-refractivity contribution < 1.29 is 0 Å². The van der Waals surface area contributed by atoms with Gasteiger partial charge in [-0.25, -0.2) is 4.98 Å². The lowest BCUT2D eigenvalue weighted by Crippen LogP contribution is -2.09. The fourth-order valence-corrected chi connectivity index (χ4v) is 7.40. The molecule has 1 atom stereocenters. The van der Waals surface area contributed by atoms with E-state index >= 15 is 0 Å². The quantitative estimate of drug-likeness (QED) is 0.350. The van der Waals surface area contributed by atoms with Gasteiger partial charge in [0.1, 0.15) is 10.7 Å². The summed E-state index contributed by atoms with van der Waals surface area (Å²) in [5.41, 5.74) is 4.22. The number of aromatic nitrogens is 5. The van der Waals surface area contributed by atoms with Gasteiger partial charge in [-0.15, -0.1) is 21.5 Å². The highest BCUT2D eigenvalue weighted by atomic mass is 32.2. The lowest BCUT2D eigenvalue weighted by atomic mass is 9.89. The van der Waals surface area contributed by atoms with Gasteiger partial charge in [-0.3, -0.25) is 9.20 Å². The summed E-state index contributed by atoms with van der Waals surface area (Å²) in [4.78, 5) is 22.9. The Kier molecular flexibility index (Phi) is 4.42. The van der Waals surface area contributed by atoms with Crippen LogP contribution < -0.4 is 5.56 Å². The first-order valence-corrected chi connectivity index (χ1v) is 13.4. The van der Waals surface area contributed by atoms with Crippen LogP contribution in [0.2, 0.25) is 0 Å². The van der Waals surface area contributed by atoms with Gasteiger partial charge >= 0.3 is 0 Å². The van der Waals surface area contributed by atoms with E-state index < -0.39 is 0 Å². The van der Waals surface area contributed by atoms with Crippen molar-refractivity contribution in [1.29, 1.82) is 0 Å². The number of benzene rings is 1. The van der Waals surface area contributed by atoms with Crippen LogP contribution in [0.1, 0.15) is 53.9 Å². The molecule has 2 aliphatic rings. The Bertz CT molecular complexity index is 1610. The standard InChI is InChI=1S/C25H23N5OS2/c1-13-6-9-17-19(10-13)33-24-21(17)23-28-29-25(30(23)22(27-24)14-7-8-14)32-12-15-11-20(31)26-18-5-3-2-4-16(15)18/h2-5,11,13-14H,6-10,12H2,1H3,(H,26,31)/t13-/m0/s1. The highest BCUT2D eigenvalue weighted by Crippen LogP contribution is 2.45. The summed E-state index contributed by atoms with van der Waals surface area (Å²) < 4.78 is 2.21. The van der Waals surface area contributed by atoms with Gasteiger partial charge in [0, 0.05) is 33.5 Å². The van der Waals surface area contributed by atoms with Gasteiger partial charge in [0.25, 0.3) is 0 Å². The summed E-state index contributed by atoms with van der Waals surface area (Å²) in [5, 5.41) is 12.5. The van der Waals surface area contributed by atoms with E-state index in [0.29, 0.717) is 11.7 Å². The summed E-state index contributed by atoms with van der Waals surface area (Å²) in [6, 6.07) is 9.66. The third kappa shape index (κ3) is 3.22. The second-order valence-electron chi connectivity index (χ2n) is 9.41. The highest BCUT2D eigenvalue weighted by molar-refractivity contribution is 7.98. The summed E-state index contributed by atoms with van der Waals surface area (Å²) >= 11 is 3.50. The Morgan fingerprint density at radius 3 is 2.97 bits per heavy atom. The molecule has 5 aromatic rings. The molecule has 2 aliphatic carbocycles. The van der Waals surface area contributed by atoms with Crippen molar-refractivity contribution in [2.24, 2.45) is 5.92 Å². The number of hydrogen-bond donors (Lipinski definition) is 1. The zero-order valence-corrected chi connectivity index (χ0v) is 19.9. The first-order valence-electron chi connectivity index (χ1n) is 11.6. The molecule has 7 rings (SSSR count). The molecule has 0 spiro atoms. The molecule has 1 saturated carbocycles. The number of thiophene rings is 1. The second-order valence-corrected chi connectivity index (χ2v) is 11.4. The zero-order chi connectivity index (χ0) is 22.1. The van der Waals surface area contributed by atoms with E-state index in [9.17, 15) is 4.79 Å². The van der Waals surface area contributed by atoms with Crippen molar-refractivity contribution in [2.75, 3.05) is 0 Å². The number of pyridine rings is 1. The number of hydrogen-bond acceptors (Lipinski definition) is 6. The van der Waals surface area contributed by atoms with Crippen LogP contribution in [0.25, 0.3) is 26.8 Å². The van der Waals surface area contributed by atoms with Crippen LogP contribution in [0.4, 0.5) is 0 Å². The molecule has 4 heterocycles. The van der Waals surface area contributed by atoms with Crippen LogP contribution in [0.15, 0.2) is 40.3 Å². The summed E-state index contributed by atoms with van der Waals surface area (Å²) in [7, 11) is 0. The third-order valence-corrected chi connectivity index (χ3v) is 9.06. The largest absolute Gasteiger partial charge is 0.322 e. The molecular weight excluding hydrogens is 450 g/mol. The molecule has 4 aromatic heterocycles. The Morgan fingerprint density at radius 1 is 1.21 bits per heavy atom. The molecule has 1 fully saturated rings. The Morgan fingerprint density at radius 2 is 2.09 bits per heavy atom. The maximum atomic E-state index is 12.2. The number of fused-ring (bicyclic) bond motifs is 6. The first kappa shape index (κ1) is 19.7. The maximum absolute atomic E-state index is 12.2. The Balaban J connectivity index is 1.35. The molecule has 6 nitrogen and oxygen atoms in total. The van der Waals surface area contributed by atoms with E-state index in [1.807, 2.05) is 29.5 Å². The summed E-state index contributed by atoms with van der Waals surface area (Å²) in [6.45, 7) is 2.34. The average Bonchev–Trinajstić information content (AvgIpc) is 3.47. The number of aromatic amines is 1. The van der Waals surface area contributed by atoms with Crippen molar-refractivity contribution in [3.05, 3.63) is 62.5 Å². The fraction of sp³-hybridized carbons (Fsp3) is 0.360. The van der Waals surface area contributed by atoms with Gasteiger partial charge in [-0.2, -0.15) is 0 Å². The molecule has 0 amide bonds. The number of aryl methyl sites for hydroxylation is 1. The van der Waals surface area contributed by atoms with Crippen LogP contribution in [0, 0.1) is 5.92 Å². The van der Waals surface area contributed by atoms with Crippen molar-refractivity contribution in [1.82, 2.24) is 24.6 Å². The molecule has 33 heavy (non-hydrogen) atoms. The van der Waals surface area contributed by atoms with Gasteiger partial charge in [-0.1, -0.05) is 36.9 Å². The molecule has 0 aliphatic heterocycles. The summed E-state index contributed by atoms with van der Waals surface area (Å²) in [5.74, 6) is 2.99. The summed E-state index contributed by atoms with van der Waals surface area (Å²) in [6.07, 6.45) is 5.82. The van der Waals surface area contributed by atoms with Crippen LogP contribution >= 0.6 is 23.1 Å². The second kappa shape index (κ2) is 7.40. The maximum Gasteiger partial charge on any atom is 0.248 e. The van der Waals surface area contributed by atoms with Gasteiger partial charge in [0.2, 0.25) is 5.56 Å². The van der Waals surface area contributed by atoms with E-state index in [4.69, 9.17) is 10.1 Å². The van der Waals surface area contributed by atoms with Crippen molar-refractivity contribution >= 4 is 49.9 Å². The number of nitrogens with one attached hydrogen (secondary N) is 1.